The van der Waals surface area contributed by atoms with Gasteiger partial charge in [-0.25, -0.2) is 0 Å². The van der Waals surface area contributed by atoms with E-state index in [9.17, 15) is 14.7 Å². The molecule has 0 spiro atoms. The molecule has 6 heteroatoms. The van der Waals surface area contributed by atoms with Gasteiger partial charge in [-0.15, -0.1) is 0 Å². The van der Waals surface area contributed by atoms with Crippen molar-refractivity contribution in [2.24, 2.45) is 5.73 Å². The van der Waals surface area contributed by atoms with Gasteiger partial charge in [0.2, 0.25) is 11.8 Å². The quantitative estimate of drug-likeness (QED) is 0.410. The highest BCUT2D eigenvalue weighted by atomic mass is 32.1. The van der Waals surface area contributed by atoms with Gasteiger partial charge in [0.1, 0.15) is 0 Å². The van der Waals surface area contributed by atoms with E-state index in [-0.39, 0.29) is 22.6 Å². The maximum Gasteiger partial charge on any atom is 0.307 e. The van der Waals surface area contributed by atoms with Crippen LogP contribution in [-0.2, 0) is 17.6 Å². The van der Waals surface area contributed by atoms with Gasteiger partial charge in [-0.05, 0) is 34.2 Å². The first-order chi connectivity index (χ1) is 15.0. The zero-order chi connectivity index (χ0) is 21.8. The third-order valence-electron chi connectivity index (χ3n) is 5.26. The second-order valence-corrected chi connectivity index (χ2v) is 8.50. The summed E-state index contributed by atoms with van der Waals surface area (Å²) in [4.78, 5) is 26.2. The summed E-state index contributed by atoms with van der Waals surface area (Å²) in [6.45, 7) is 0. The maximum absolute atomic E-state index is 12.1. The van der Waals surface area contributed by atoms with Crippen molar-refractivity contribution < 1.29 is 9.90 Å². The number of nitrogens with one attached hydrogen (secondary N) is 1. The Labute approximate surface area is 183 Å². The summed E-state index contributed by atoms with van der Waals surface area (Å²) in [5, 5.41) is 9.77. The molecule has 3 aromatic carbocycles. The smallest absolute Gasteiger partial charge is 0.307 e. The number of H-pyrrole nitrogens is 1. The molecule has 1 heterocycles. The topological polar surface area (TPSA) is 96.2 Å². The SMILES string of the molecule is NC(=O)C(Cc1cccc(-c2ccc(Cc3sc(=O)[nH]c3O)cc2)c1)c1ccccc1. The maximum atomic E-state index is 12.1. The van der Waals surface area contributed by atoms with Crippen LogP contribution < -0.4 is 10.6 Å². The van der Waals surface area contributed by atoms with Crippen molar-refractivity contribution in [3.8, 4) is 17.0 Å². The van der Waals surface area contributed by atoms with Crippen molar-refractivity contribution in [1.29, 1.82) is 0 Å². The van der Waals surface area contributed by atoms with Crippen molar-refractivity contribution in [3.05, 3.63) is 110 Å². The summed E-state index contributed by atoms with van der Waals surface area (Å²) < 4.78 is 0. The number of aromatic hydroxyl groups is 1. The first kappa shape index (κ1) is 20.6. The molecule has 156 valence electrons. The number of benzene rings is 3. The summed E-state index contributed by atoms with van der Waals surface area (Å²) in [6.07, 6.45) is 1.03. The molecule has 5 nitrogen and oxygen atoms in total. The number of rotatable bonds is 7. The Morgan fingerprint density at radius 1 is 0.935 bits per heavy atom. The molecule has 0 bridgehead atoms. The molecule has 0 aliphatic carbocycles. The third-order valence-corrected chi connectivity index (χ3v) is 6.14. The molecule has 1 amide bonds. The first-order valence-corrected chi connectivity index (χ1v) is 10.7. The van der Waals surface area contributed by atoms with Crippen LogP contribution in [0.2, 0.25) is 0 Å². The summed E-state index contributed by atoms with van der Waals surface area (Å²) >= 11 is 1.02. The molecule has 0 aliphatic heterocycles. The van der Waals surface area contributed by atoms with Crippen LogP contribution in [0.3, 0.4) is 0 Å². The van der Waals surface area contributed by atoms with Crippen LogP contribution in [0.5, 0.6) is 5.88 Å². The Morgan fingerprint density at radius 2 is 1.68 bits per heavy atom. The molecule has 31 heavy (non-hydrogen) atoms. The van der Waals surface area contributed by atoms with Crippen molar-refractivity contribution in [2.45, 2.75) is 18.8 Å². The lowest BCUT2D eigenvalue weighted by molar-refractivity contribution is -0.119. The van der Waals surface area contributed by atoms with E-state index >= 15 is 0 Å². The van der Waals surface area contributed by atoms with Crippen molar-refractivity contribution in [3.63, 3.8) is 0 Å². The van der Waals surface area contributed by atoms with Gasteiger partial charge >= 0.3 is 4.87 Å². The largest absolute Gasteiger partial charge is 0.494 e. The lowest BCUT2D eigenvalue weighted by Gasteiger charge is -2.15. The molecule has 4 N–H and O–H groups in total. The molecule has 1 aromatic heterocycles. The van der Waals surface area contributed by atoms with E-state index in [0.29, 0.717) is 17.7 Å². The molecule has 1 atom stereocenters. The number of aromatic amines is 1. The molecule has 0 radical (unpaired) electrons. The number of amides is 1. The average Bonchev–Trinajstić information content (AvgIpc) is 3.09. The minimum atomic E-state index is -0.375. The predicted octanol–water partition coefficient (Wildman–Crippen LogP) is 4.21. The van der Waals surface area contributed by atoms with Crippen molar-refractivity contribution >= 4 is 17.2 Å². The van der Waals surface area contributed by atoms with E-state index in [2.05, 4.69) is 11.1 Å². The van der Waals surface area contributed by atoms with E-state index < -0.39 is 0 Å². The van der Waals surface area contributed by atoms with Gasteiger partial charge in [-0.1, -0.05) is 90.2 Å². The van der Waals surface area contributed by atoms with Crippen molar-refractivity contribution in [1.82, 2.24) is 4.98 Å². The minimum Gasteiger partial charge on any atom is -0.494 e. The van der Waals surface area contributed by atoms with Crippen LogP contribution >= 0.6 is 11.3 Å². The Morgan fingerprint density at radius 3 is 2.32 bits per heavy atom. The Hall–Kier alpha value is -3.64. The zero-order valence-electron chi connectivity index (χ0n) is 16.7. The van der Waals surface area contributed by atoms with E-state index in [1.807, 2.05) is 72.8 Å². The number of nitrogens with two attached hydrogens (primary N) is 1. The molecular formula is C25H22N2O3S. The summed E-state index contributed by atoms with van der Waals surface area (Å²) in [5.41, 5.74) is 10.7. The van der Waals surface area contributed by atoms with E-state index in [1.54, 1.807) is 0 Å². The number of carbonyl (C=O) groups is 1. The highest BCUT2D eigenvalue weighted by Gasteiger charge is 2.18. The fourth-order valence-electron chi connectivity index (χ4n) is 3.65. The van der Waals surface area contributed by atoms with Crippen LogP contribution in [0.4, 0.5) is 0 Å². The summed E-state index contributed by atoms with van der Waals surface area (Å²) in [7, 11) is 0. The molecule has 0 saturated heterocycles. The highest BCUT2D eigenvalue weighted by molar-refractivity contribution is 7.09. The second kappa shape index (κ2) is 9.02. The molecule has 0 saturated carbocycles. The van der Waals surface area contributed by atoms with Crippen LogP contribution in [0.15, 0.2) is 83.7 Å². The second-order valence-electron chi connectivity index (χ2n) is 7.43. The van der Waals surface area contributed by atoms with Gasteiger partial charge in [0.15, 0.2) is 0 Å². The molecule has 4 aromatic rings. The van der Waals surface area contributed by atoms with E-state index in [4.69, 9.17) is 5.73 Å². The van der Waals surface area contributed by atoms with Gasteiger partial charge in [-0.2, -0.15) is 0 Å². The number of carbonyl (C=O) groups excluding carboxylic acids is 1. The first-order valence-electron chi connectivity index (χ1n) is 9.93. The van der Waals surface area contributed by atoms with E-state index in [1.165, 1.54) is 0 Å². The molecule has 0 aliphatic rings. The van der Waals surface area contributed by atoms with Gasteiger partial charge in [0, 0.05) is 6.42 Å². The number of thiazole rings is 1. The molecule has 1 unspecified atom stereocenters. The standard InChI is InChI=1S/C25H22N2O3S/c26-23(28)21(19-6-2-1-3-7-19)14-17-5-4-8-20(13-17)18-11-9-16(10-12-18)15-22-24(29)27-25(30)31-22/h1-13,21,29H,14-15H2,(H2,26,28)(H,27,30). The van der Waals surface area contributed by atoms with Gasteiger partial charge in [0.05, 0.1) is 10.8 Å². The Kier molecular flexibility index (Phi) is 6.00. The van der Waals surface area contributed by atoms with E-state index in [0.717, 1.165) is 39.2 Å². The number of primary amides is 1. The van der Waals surface area contributed by atoms with Crippen LogP contribution in [0.1, 0.15) is 27.5 Å². The zero-order valence-corrected chi connectivity index (χ0v) is 17.6. The number of hydrogen-bond acceptors (Lipinski definition) is 4. The van der Waals surface area contributed by atoms with Gasteiger partial charge < -0.3 is 10.8 Å². The van der Waals surface area contributed by atoms with Crippen LogP contribution in [0, 0.1) is 0 Å². The third kappa shape index (κ3) is 4.92. The fraction of sp³-hybridized carbons (Fsp3) is 0.120. The summed E-state index contributed by atoms with van der Waals surface area (Å²) in [5.74, 6) is -0.773. The molecule has 0 fully saturated rings. The summed E-state index contributed by atoms with van der Waals surface area (Å²) in [6, 6.07) is 25.7. The van der Waals surface area contributed by atoms with Crippen molar-refractivity contribution in [2.75, 3.05) is 0 Å². The van der Waals surface area contributed by atoms with Crippen LogP contribution in [-0.4, -0.2) is 16.0 Å². The molecule has 4 rings (SSSR count). The predicted molar refractivity (Wildman–Crippen MR) is 123 cm³/mol. The monoisotopic (exact) mass is 430 g/mol. The highest BCUT2D eigenvalue weighted by Crippen LogP contribution is 2.26. The minimum absolute atomic E-state index is 0.0609. The lowest BCUT2D eigenvalue weighted by atomic mass is 9.90. The van der Waals surface area contributed by atoms with Gasteiger partial charge in [-0.3, -0.25) is 14.6 Å². The number of hydrogen-bond donors (Lipinski definition) is 3. The Bertz CT molecular complexity index is 1240. The number of aromatic nitrogens is 1. The molecular weight excluding hydrogens is 408 g/mol. The average molecular weight is 431 g/mol. The van der Waals surface area contributed by atoms with Crippen LogP contribution in [0.25, 0.3) is 11.1 Å². The normalized spacial score (nSPS) is 11.9. The lowest BCUT2D eigenvalue weighted by Crippen LogP contribution is -2.23. The fourth-order valence-corrected chi connectivity index (χ4v) is 4.41. The Balaban J connectivity index is 1.53. The van der Waals surface area contributed by atoms with Gasteiger partial charge in [0.25, 0.3) is 0 Å².